The molecule has 2 saturated heterocycles. The van der Waals surface area contributed by atoms with E-state index < -0.39 is 0 Å². The van der Waals surface area contributed by atoms with Crippen LogP contribution in [-0.4, -0.2) is 60.6 Å². The van der Waals surface area contributed by atoms with E-state index in [-0.39, 0.29) is 0 Å². The Morgan fingerprint density at radius 2 is 1.96 bits per heavy atom. The summed E-state index contributed by atoms with van der Waals surface area (Å²) in [5.41, 5.74) is 2.97. The molecule has 0 radical (unpaired) electrons. The minimum Gasteiger partial charge on any atom is -0.303 e. The second kappa shape index (κ2) is 9.26. The molecule has 134 valence electrons. The topological polar surface area (TPSA) is 6.48 Å². The maximum atomic E-state index is 2.71. The third kappa shape index (κ3) is 5.24. The van der Waals surface area contributed by atoms with Gasteiger partial charge in [0.15, 0.2) is 0 Å². The Bertz CT molecular complexity index is 498. The summed E-state index contributed by atoms with van der Waals surface area (Å²) in [7, 11) is 2.37. The van der Waals surface area contributed by atoms with Crippen molar-refractivity contribution in [3.8, 4) is 0 Å². The average Bonchev–Trinajstić information content (AvgIpc) is 2.62. The first-order valence-electron chi connectivity index (χ1n) is 9.77. The lowest BCUT2D eigenvalue weighted by Gasteiger charge is -2.38. The van der Waals surface area contributed by atoms with Crippen molar-refractivity contribution in [2.24, 2.45) is 5.92 Å². The van der Waals surface area contributed by atoms with Crippen LogP contribution < -0.4 is 0 Å². The van der Waals surface area contributed by atoms with Gasteiger partial charge in [0, 0.05) is 25.7 Å². The molecule has 0 aliphatic carbocycles. The Hall–Kier alpha value is -0.510. The van der Waals surface area contributed by atoms with Gasteiger partial charge < -0.3 is 9.80 Å². The monoisotopic (exact) mass is 346 g/mol. The molecule has 0 unspecified atom stereocenters. The van der Waals surface area contributed by atoms with Gasteiger partial charge in [-0.1, -0.05) is 24.3 Å². The molecule has 2 heterocycles. The van der Waals surface area contributed by atoms with Gasteiger partial charge >= 0.3 is 0 Å². The zero-order valence-electron chi connectivity index (χ0n) is 15.5. The Morgan fingerprint density at radius 3 is 2.75 bits per heavy atom. The molecule has 0 bridgehead atoms. The molecule has 0 spiro atoms. The van der Waals surface area contributed by atoms with Crippen molar-refractivity contribution in [1.29, 1.82) is 0 Å². The lowest BCUT2D eigenvalue weighted by atomic mass is 9.95. The predicted molar refractivity (Wildman–Crippen MR) is 107 cm³/mol. The van der Waals surface area contributed by atoms with Crippen molar-refractivity contribution in [2.45, 2.75) is 45.1 Å². The van der Waals surface area contributed by atoms with Crippen LogP contribution in [0.1, 0.15) is 36.8 Å². The summed E-state index contributed by atoms with van der Waals surface area (Å²) < 4.78 is 0. The van der Waals surface area contributed by atoms with Crippen LogP contribution in [0.25, 0.3) is 0 Å². The fourth-order valence-corrected chi connectivity index (χ4v) is 5.44. The summed E-state index contributed by atoms with van der Waals surface area (Å²) in [5, 5.41) is 0. The maximum Gasteiger partial charge on any atom is 0.0108 e. The van der Waals surface area contributed by atoms with Crippen LogP contribution >= 0.6 is 11.8 Å². The van der Waals surface area contributed by atoms with Crippen LogP contribution in [0.2, 0.25) is 0 Å². The van der Waals surface area contributed by atoms with Gasteiger partial charge in [0.1, 0.15) is 0 Å². The summed E-state index contributed by atoms with van der Waals surface area (Å²) in [6, 6.07) is 9.71. The van der Waals surface area contributed by atoms with Crippen LogP contribution in [0.3, 0.4) is 0 Å². The molecule has 0 saturated carbocycles. The van der Waals surface area contributed by atoms with Crippen LogP contribution in [0, 0.1) is 12.8 Å². The standard InChI is InChI=1S/C21H34N2S/c1-18-6-3-4-8-20(18)9-13-23-12-5-7-19(17-23)16-22(2)21-10-14-24-15-11-21/h3-4,6,8,19,21H,5,7,9-17H2,1-2H3/t19-/m1/s1. The van der Waals surface area contributed by atoms with Gasteiger partial charge in [-0.05, 0) is 81.2 Å². The second-order valence-electron chi connectivity index (χ2n) is 7.77. The van der Waals surface area contributed by atoms with Crippen molar-refractivity contribution in [1.82, 2.24) is 9.80 Å². The summed E-state index contributed by atoms with van der Waals surface area (Å²) >= 11 is 2.13. The number of thioether (sulfide) groups is 1. The number of benzene rings is 1. The SMILES string of the molecule is Cc1ccccc1CCN1CCC[C@H](CN(C)C2CCSCC2)C1. The van der Waals surface area contributed by atoms with Crippen molar-refractivity contribution in [2.75, 3.05) is 44.7 Å². The third-order valence-electron chi connectivity index (χ3n) is 5.92. The molecule has 2 fully saturated rings. The highest BCUT2D eigenvalue weighted by Crippen LogP contribution is 2.24. The first-order valence-corrected chi connectivity index (χ1v) is 10.9. The van der Waals surface area contributed by atoms with Crippen molar-refractivity contribution in [3.63, 3.8) is 0 Å². The molecule has 0 amide bonds. The van der Waals surface area contributed by atoms with Gasteiger partial charge in [-0.25, -0.2) is 0 Å². The highest BCUT2D eigenvalue weighted by atomic mass is 32.2. The molecule has 2 aliphatic heterocycles. The zero-order chi connectivity index (χ0) is 16.8. The first-order chi connectivity index (χ1) is 11.7. The lowest BCUT2D eigenvalue weighted by Crippen LogP contribution is -2.44. The van der Waals surface area contributed by atoms with E-state index in [1.54, 1.807) is 0 Å². The number of piperidine rings is 1. The molecule has 3 heteroatoms. The molecule has 0 aromatic heterocycles. The number of hydrogen-bond donors (Lipinski definition) is 0. The van der Waals surface area contributed by atoms with Gasteiger partial charge in [0.2, 0.25) is 0 Å². The molecular formula is C21H34N2S. The zero-order valence-corrected chi connectivity index (χ0v) is 16.4. The Kier molecular flexibility index (Phi) is 7.06. The van der Waals surface area contributed by atoms with Crippen molar-refractivity contribution >= 4 is 11.8 Å². The minimum atomic E-state index is 0.841. The molecule has 1 aromatic carbocycles. The molecule has 1 atom stereocenters. The second-order valence-corrected chi connectivity index (χ2v) is 8.99. The number of hydrogen-bond acceptors (Lipinski definition) is 3. The van der Waals surface area contributed by atoms with Crippen LogP contribution in [0.5, 0.6) is 0 Å². The van der Waals surface area contributed by atoms with E-state index >= 15 is 0 Å². The van der Waals surface area contributed by atoms with Crippen molar-refractivity contribution in [3.05, 3.63) is 35.4 Å². The molecule has 2 nitrogen and oxygen atoms in total. The smallest absolute Gasteiger partial charge is 0.0108 e. The Morgan fingerprint density at radius 1 is 1.17 bits per heavy atom. The Labute approximate surface area is 153 Å². The van der Waals surface area contributed by atoms with Crippen LogP contribution in [0.15, 0.2) is 24.3 Å². The summed E-state index contributed by atoms with van der Waals surface area (Å²) in [5.74, 6) is 3.60. The highest BCUT2D eigenvalue weighted by molar-refractivity contribution is 7.99. The normalized spacial score (nSPS) is 23.7. The Balaban J connectivity index is 1.44. The average molecular weight is 347 g/mol. The maximum absolute atomic E-state index is 2.71. The third-order valence-corrected chi connectivity index (χ3v) is 6.97. The van der Waals surface area contributed by atoms with Crippen LogP contribution in [0.4, 0.5) is 0 Å². The number of nitrogens with zero attached hydrogens (tertiary/aromatic N) is 2. The van der Waals surface area contributed by atoms with E-state index in [1.165, 1.54) is 80.9 Å². The van der Waals surface area contributed by atoms with E-state index in [9.17, 15) is 0 Å². The highest BCUT2D eigenvalue weighted by Gasteiger charge is 2.24. The number of likely N-dealkylation sites (tertiary alicyclic amines) is 1. The summed E-state index contributed by atoms with van der Waals surface area (Å²) in [6.07, 6.45) is 6.80. The fraction of sp³-hybridized carbons (Fsp3) is 0.714. The number of rotatable bonds is 6. The van der Waals surface area contributed by atoms with Gasteiger partial charge in [-0.2, -0.15) is 11.8 Å². The summed E-state index contributed by atoms with van der Waals surface area (Å²) in [4.78, 5) is 5.39. The molecule has 24 heavy (non-hydrogen) atoms. The molecule has 3 rings (SSSR count). The molecule has 0 N–H and O–H groups in total. The first kappa shape index (κ1) is 18.3. The van der Waals surface area contributed by atoms with E-state index in [2.05, 4.69) is 59.8 Å². The molecule has 2 aliphatic rings. The van der Waals surface area contributed by atoms with E-state index in [1.807, 2.05) is 0 Å². The lowest BCUT2D eigenvalue weighted by molar-refractivity contribution is 0.123. The van der Waals surface area contributed by atoms with E-state index in [0.29, 0.717) is 0 Å². The predicted octanol–water partition coefficient (Wildman–Crippen LogP) is 4.08. The van der Waals surface area contributed by atoms with Gasteiger partial charge in [-0.3, -0.25) is 0 Å². The molecular weight excluding hydrogens is 312 g/mol. The minimum absolute atomic E-state index is 0.841. The van der Waals surface area contributed by atoms with Gasteiger partial charge in [0.05, 0.1) is 0 Å². The van der Waals surface area contributed by atoms with E-state index in [0.717, 1.165) is 12.0 Å². The van der Waals surface area contributed by atoms with Crippen LogP contribution in [-0.2, 0) is 6.42 Å². The largest absolute Gasteiger partial charge is 0.303 e. The van der Waals surface area contributed by atoms with E-state index in [4.69, 9.17) is 0 Å². The quantitative estimate of drug-likeness (QED) is 0.766. The fourth-order valence-electron chi connectivity index (χ4n) is 4.35. The molecule has 1 aromatic rings. The number of aryl methyl sites for hydroxylation is 1. The summed E-state index contributed by atoms with van der Waals surface area (Å²) in [6.45, 7) is 7.37. The van der Waals surface area contributed by atoms with Gasteiger partial charge in [0.25, 0.3) is 0 Å². The van der Waals surface area contributed by atoms with Crippen molar-refractivity contribution < 1.29 is 0 Å². The van der Waals surface area contributed by atoms with Gasteiger partial charge in [-0.15, -0.1) is 0 Å².